The Labute approximate surface area is 124 Å². The van der Waals surface area contributed by atoms with Crippen LogP contribution >= 0.6 is 12.2 Å². The minimum absolute atomic E-state index is 0.395. The number of benzene rings is 1. The first kappa shape index (κ1) is 13.1. The lowest BCUT2D eigenvalue weighted by Gasteiger charge is -2.30. The van der Waals surface area contributed by atoms with E-state index in [-0.39, 0.29) is 0 Å². The SMILES string of the molecule is Cc1nn(C)c(NCC2Cc3ccccc32)c1C(N)=S. The number of aryl methyl sites for hydroxylation is 2. The van der Waals surface area contributed by atoms with Gasteiger partial charge in [0.2, 0.25) is 0 Å². The van der Waals surface area contributed by atoms with Gasteiger partial charge >= 0.3 is 0 Å². The number of aromatic nitrogens is 2. The van der Waals surface area contributed by atoms with Crippen molar-refractivity contribution in [3.63, 3.8) is 0 Å². The highest BCUT2D eigenvalue weighted by Gasteiger charge is 2.26. The quantitative estimate of drug-likeness (QED) is 0.845. The normalized spacial score (nSPS) is 16.4. The first-order valence-electron chi connectivity index (χ1n) is 6.73. The van der Waals surface area contributed by atoms with Gasteiger partial charge in [-0.25, -0.2) is 0 Å². The highest BCUT2D eigenvalue weighted by atomic mass is 32.1. The number of thiocarbonyl (C=S) groups is 1. The van der Waals surface area contributed by atoms with Gasteiger partial charge in [0.15, 0.2) is 0 Å². The molecule has 1 aliphatic rings. The molecule has 0 saturated carbocycles. The fraction of sp³-hybridized carbons (Fsp3) is 0.333. The molecule has 1 unspecified atom stereocenters. The van der Waals surface area contributed by atoms with Crippen LogP contribution in [0, 0.1) is 6.92 Å². The second-order valence-corrected chi connectivity index (χ2v) is 5.72. The van der Waals surface area contributed by atoms with E-state index in [1.54, 1.807) is 0 Å². The van der Waals surface area contributed by atoms with Crippen molar-refractivity contribution in [2.75, 3.05) is 11.9 Å². The van der Waals surface area contributed by atoms with Gasteiger partial charge in [-0.2, -0.15) is 5.10 Å². The van der Waals surface area contributed by atoms with E-state index >= 15 is 0 Å². The summed E-state index contributed by atoms with van der Waals surface area (Å²) in [6, 6.07) is 8.59. The zero-order valence-corrected chi connectivity index (χ0v) is 12.5. The van der Waals surface area contributed by atoms with Crippen LogP contribution in [0.4, 0.5) is 5.82 Å². The van der Waals surface area contributed by atoms with Gasteiger partial charge < -0.3 is 11.1 Å². The maximum Gasteiger partial charge on any atom is 0.134 e. The molecule has 0 bridgehead atoms. The third-order valence-corrected chi connectivity index (χ3v) is 4.15. The van der Waals surface area contributed by atoms with E-state index in [0.29, 0.717) is 10.9 Å². The molecule has 104 valence electrons. The lowest BCUT2D eigenvalue weighted by Crippen LogP contribution is -2.25. The molecule has 1 aromatic carbocycles. The lowest BCUT2D eigenvalue weighted by molar-refractivity contribution is 0.630. The van der Waals surface area contributed by atoms with Crippen LogP contribution in [-0.2, 0) is 13.5 Å². The molecule has 0 radical (unpaired) electrons. The van der Waals surface area contributed by atoms with Crippen LogP contribution < -0.4 is 11.1 Å². The fourth-order valence-corrected chi connectivity index (χ4v) is 3.17. The summed E-state index contributed by atoms with van der Waals surface area (Å²) in [6.07, 6.45) is 1.13. The van der Waals surface area contributed by atoms with Crippen LogP contribution in [-0.4, -0.2) is 21.3 Å². The molecule has 0 aliphatic heterocycles. The van der Waals surface area contributed by atoms with Crippen molar-refractivity contribution in [2.45, 2.75) is 19.3 Å². The molecule has 1 atom stereocenters. The van der Waals surface area contributed by atoms with Gasteiger partial charge in [0, 0.05) is 19.5 Å². The Hall–Kier alpha value is -1.88. The number of nitrogens with one attached hydrogen (secondary N) is 1. The third-order valence-electron chi connectivity index (χ3n) is 3.95. The van der Waals surface area contributed by atoms with Crippen molar-refractivity contribution in [2.24, 2.45) is 12.8 Å². The van der Waals surface area contributed by atoms with E-state index in [1.165, 1.54) is 11.1 Å². The van der Waals surface area contributed by atoms with Crippen LogP contribution in [0.2, 0.25) is 0 Å². The van der Waals surface area contributed by atoms with Crippen LogP contribution in [0.3, 0.4) is 0 Å². The zero-order valence-electron chi connectivity index (χ0n) is 11.7. The first-order valence-corrected chi connectivity index (χ1v) is 7.14. The van der Waals surface area contributed by atoms with Crippen LogP contribution in [0.5, 0.6) is 0 Å². The van der Waals surface area contributed by atoms with E-state index < -0.39 is 0 Å². The smallest absolute Gasteiger partial charge is 0.134 e. The number of fused-ring (bicyclic) bond motifs is 1. The summed E-state index contributed by atoms with van der Waals surface area (Å²) in [4.78, 5) is 0.395. The van der Waals surface area contributed by atoms with E-state index in [4.69, 9.17) is 18.0 Å². The third kappa shape index (κ3) is 2.08. The molecule has 20 heavy (non-hydrogen) atoms. The Bertz CT molecular complexity index is 675. The predicted octanol–water partition coefficient (Wildman–Crippen LogP) is 2.11. The Kier molecular flexibility index (Phi) is 3.22. The molecule has 4 nitrogen and oxygen atoms in total. The summed E-state index contributed by atoms with van der Waals surface area (Å²) in [5.41, 5.74) is 10.4. The second kappa shape index (κ2) is 4.90. The molecule has 1 aliphatic carbocycles. The molecular formula is C15H18N4S. The molecule has 1 aromatic heterocycles. The summed E-state index contributed by atoms with van der Waals surface area (Å²) in [5, 5.41) is 7.84. The Balaban J connectivity index is 1.76. The highest BCUT2D eigenvalue weighted by molar-refractivity contribution is 7.80. The fourth-order valence-electron chi connectivity index (χ4n) is 2.92. The standard InChI is InChI=1S/C15H18N4S/c1-9-13(14(16)20)15(19(2)18-9)17-8-11-7-10-5-3-4-6-12(10)11/h3-6,11,17H,7-8H2,1-2H3,(H2,16,20). The van der Waals surface area contributed by atoms with Crippen LogP contribution in [0.15, 0.2) is 24.3 Å². The topological polar surface area (TPSA) is 55.9 Å². The number of rotatable bonds is 4. The summed E-state index contributed by atoms with van der Waals surface area (Å²) < 4.78 is 1.81. The summed E-state index contributed by atoms with van der Waals surface area (Å²) >= 11 is 5.12. The van der Waals surface area contributed by atoms with E-state index in [9.17, 15) is 0 Å². The number of anilines is 1. The molecule has 3 rings (SSSR count). The lowest BCUT2D eigenvalue weighted by atomic mass is 9.77. The second-order valence-electron chi connectivity index (χ2n) is 5.28. The van der Waals surface area contributed by atoms with Crippen molar-refractivity contribution in [3.05, 3.63) is 46.6 Å². The number of hydrogen-bond donors (Lipinski definition) is 2. The van der Waals surface area contributed by atoms with Gasteiger partial charge in [-0.3, -0.25) is 4.68 Å². The van der Waals surface area contributed by atoms with Gasteiger partial charge in [0.1, 0.15) is 10.8 Å². The average molecular weight is 286 g/mol. The first-order chi connectivity index (χ1) is 9.58. The summed E-state index contributed by atoms with van der Waals surface area (Å²) in [5.74, 6) is 1.47. The van der Waals surface area contributed by atoms with E-state index in [0.717, 1.165) is 30.0 Å². The number of nitrogens with zero attached hydrogens (tertiary/aromatic N) is 2. The molecule has 3 N–H and O–H groups in total. The van der Waals surface area contributed by atoms with Crippen molar-refractivity contribution in [3.8, 4) is 0 Å². The number of nitrogens with two attached hydrogens (primary N) is 1. The van der Waals surface area contributed by atoms with Gasteiger partial charge in [-0.1, -0.05) is 36.5 Å². The molecular weight excluding hydrogens is 268 g/mol. The van der Waals surface area contributed by atoms with Crippen molar-refractivity contribution < 1.29 is 0 Å². The Morgan fingerprint density at radius 3 is 2.95 bits per heavy atom. The molecule has 1 heterocycles. The highest BCUT2D eigenvalue weighted by Crippen LogP contribution is 2.35. The number of hydrogen-bond acceptors (Lipinski definition) is 3. The molecule has 0 amide bonds. The van der Waals surface area contributed by atoms with E-state index in [2.05, 4.69) is 34.7 Å². The average Bonchev–Trinajstić information content (AvgIpc) is 2.65. The zero-order chi connectivity index (χ0) is 14.3. The summed E-state index contributed by atoms with van der Waals surface area (Å²) in [7, 11) is 1.91. The Morgan fingerprint density at radius 1 is 1.50 bits per heavy atom. The summed E-state index contributed by atoms with van der Waals surface area (Å²) in [6.45, 7) is 2.81. The minimum atomic E-state index is 0.395. The van der Waals surface area contributed by atoms with Crippen molar-refractivity contribution in [1.29, 1.82) is 0 Å². The minimum Gasteiger partial charge on any atom is -0.389 e. The molecule has 0 saturated heterocycles. The monoisotopic (exact) mass is 286 g/mol. The van der Waals surface area contributed by atoms with E-state index in [1.807, 2.05) is 18.7 Å². The van der Waals surface area contributed by atoms with Crippen molar-refractivity contribution >= 4 is 23.0 Å². The molecule has 5 heteroatoms. The molecule has 0 fully saturated rings. The predicted molar refractivity (Wildman–Crippen MR) is 85.2 cm³/mol. The largest absolute Gasteiger partial charge is 0.389 e. The van der Waals surface area contributed by atoms with Gasteiger partial charge in [0.25, 0.3) is 0 Å². The Morgan fingerprint density at radius 2 is 2.25 bits per heavy atom. The van der Waals surface area contributed by atoms with Gasteiger partial charge in [0.05, 0.1) is 11.3 Å². The molecule has 0 spiro atoms. The van der Waals surface area contributed by atoms with Crippen LogP contribution in [0.1, 0.15) is 28.3 Å². The van der Waals surface area contributed by atoms with Crippen LogP contribution in [0.25, 0.3) is 0 Å². The van der Waals surface area contributed by atoms with Crippen molar-refractivity contribution in [1.82, 2.24) is 9.78 Å². The maximum absolute atomic E-state index is 5.80. The van der Waals surface area contributed by atoms with Gasteiger partial charge in [-0.05, 0) is 24.5 Å². The van der Waals surface area contributed by atoms with Gasteiger partial charge in [-0.15, -0.1) is 0 Å². The maximum atomic E-state index is 5.80. The molecule has 2 aromatic rings.